The number of benzene rings is 1. The Hall–Kier alpha value is -2.20. The highest BCUT2D eigenvalue weighted by molar-refractivity contribution is 5.90. The van der Waals surface area contributed by atoms with Crippen LogP contribution >= 0.6 is 0 Å². The van der Waals surface area contributed by atoms with E-state index in [0.29, 0.717) is 12.8 Å². The number of hydrogen-bond acceptors (Lipinski definition) is 3. The third kappa shape index (κ3) is 5.36. The summed E-state index contributed by atoms with van der Waals surface area (Å²) in [6, 6.07) is 11.6. The molecule has 0 aliphatic rings. The minimum atomic E-state index is -0.00170. The summed E-state index contributed by atoms with van der Waals surface area (Å²) in [6.45, 7) is 0.182. The van der Waals surface area contributed by atoms with E-state index in [0.717, 1.165) is 29.7 Å². The molecule has 110 valence electrons. The summed E-state index contributed by atoms with van der Waals surface area (Å²) in [6.07, 6.45) is 6.18. The lowest BCUT2D eigenvalue weighted by molar-refractivity contribution is -0.116. The van der Waals surface area contributed by atoms with E-state index in [-0.39, 0.29) is 12.5 Å². The van der Waals surface area contributed by atoms with Gasteiger partial charge in [0, 0.05) is 31.1 Å². The van der Waals surface area contributed by atoms with Gasteiger partial charge in [-0.3, -0.25) is 9.78 Å². The number of aliphatic hydroxyl groups excluding tert-OH is 1. The smallest absolute Gasteiger partial charge is 0.224 e. The van der Waals surface area contributed by atoms with Gasteiger partial charge in [-0.2, -0.15) is 0 Å². The van der Waals surface area contributed by atoms with Gasteiger partial charge in [0.25, 0.3) is 0 Å². The van der Waals surface area contributed by atoms with Gasteiger partial charge in [-0.1, -0.05) is 18.2 Å². The van der Waals surface area contributed by atoms with Gasteiger partial charge >= 0.3 is 0 Å². The first-order valence-corrected chi connectivity index (χ1v) is 7.16. The SMILES string of the molecule is O=C(CCc1cccnc1)Nc1cccc(CCCO)c1. The molecule has 0 aliphatic carbocycles. The fourth-order valence-corrected chi connectivity index (χ4v) is 2.12. The van der Waals surface area contributed by atoms with Gasteiger partial charge in [-0.05, 0) is 48.6 Å². The van der Waals surface area contributed by atoms with Crippen molar-refractivity contribution in [2.45, 2.75) is 25.7 Å². The lowest BCUT2D eigenvalue weighted by Crippen LogP contribution is -2.12. The number of carbonyl (C=O) groups is 1. The van der Waals surface area contributed by atoms with E-state index in [9.17, 15) is 4.79 Å². The molecule has 1 aromatic carbocycles. The van der Waals surface area contributed by atoms with Gasteiger partial charge in [0.05, 0.1) is 0 Å². The predicted molar refractivity (Wildman–Crippen MR) is 83.0 cm³/mol. The second-order valence-electron chi connectivity index (χ2n) is 4.94. The largest absolute Gasteiger partial charge is 0.396 e. The molecule has 2 aromatic rings. The number of pyridine rings is 1. The number of anilines is 1. The molecular formula is C17H20N2O2. The summed E-state index contributed by atoms with van der Waals surface area (Å²) >= 11 is 0. The van der Waals surface area contributed by atoms with Crippen molar-refractivity contribution in [1.29, 1.82) is 0 Å². The molecule has 1 heterocycles. The summed E-state index contributed by atoms with van der Waals surface area (Å²) in [5, 5.41) is 11.8. The molecule has 1 aromatic heterocycles. The van der Waals surface area contributed by atoms with Crippen molar-refractivity contribution < 1.29 is 9.90 Å². The van der Waals surface area contributed by atoms with Gasteiger partial charge in [0.1, 0.15) is 0 Å². The van der Waals surface area contributed by atoms with Crippen molar-refractivity contribution in [2.24, 2.45) is 0 Å². The van der Waals surface area contributed by atoms with Crippen molar-refractivity contribution in [3.63, 3.8) is 0 Å². The van der Waals surface area contributed by atoms with E-state index in [1.54, 1.807) is 12.4 Å². The van der Waals surface area contributed by atoms with E-state index < -0.39 is 0 Å². The molecule has 0 bridgehead atoms. The number of amides is 1. The normalized spacial score (nSPS) is 10.3. The maximum Gasteiger partial charge on any atom is 0.224 e. The van der Waals surface area contributed by atoms with Gasteiger partial charge in [-0.25, -0.2) is 0 Å². The number of nitrogens with one attached hydrogen (secondary N) is 1. The summed E-state index contributed by atoms with van der Waals surface area (Å²) < 4.78 is 0. The van der Waals surface area contributed by atoms with Crippen LogP contribution in [0.4, 0.5) is 5.69 Å². The fraction of sp³-hybridized carbons (Fsp3) is 0.294. The Labute approximate surface area is 124 Å². The van der Waals surface area contributed by atoms with Crippen LogP contribution in [0.15, 0.2) is 48.8 Å². The molecule has 0 fully saturated rings. The van der Waals surface area contributed by atoms with Crippen LogP contribution in [0.5, 0.6) is 0 Å². The molecule has 1 amide bonds. The van der Waals surface area contributed by atoms with E-state index in [2.05, 4.69) is 10.3 Å². The molecule has 4 nitrogen and oxygen atoms in total. The molecule has 0 unspecified atom stereocenters. The van der Waals surface area contributed by atoms with Gasteiger partial charge in [0.2, 0.25) is 5.91 Å². The average molecular weight is 284 g/mol. The quantitative estimate of drug-likeness (QED) is 0.821. The molecule has 0 aliphatic heterocycles. The molecule has 0 spiro atoms. The highest BCUT2D eigenvalue weighted by atomic mass is 16.2. The summed E-state index contributed by atoms with van der Waals surface area (Å²) in [5.74, 6) is -0.00170. The number of nitrogens with zero attached hydrogens (tertiary/aromatic N) is 1. The van der Waals surface area contributed by atoms with E-state index >= 15 is 0 Å². The zero-order valence-corrected chi connectivity index (χ0v) is 12.0. The first-order chi connectivity index (χ1) is 10.3. The summed E-state index contributed by atoms with van der Waals surface area (Å²) in [5.41, 5.74) is 2.99. The monoisotopic (exact) mass is 284 g/mol. The third-order valence-corrected chi connectivity index (χ3v) is 3.20. The Bertz CT molecular complexity index is 570. The zero-order valence-electron chi connectivity index (χ0n) is 12.0. The summed E-state index contributed by atoms with van der Waals surface area (Å²) in [4.78, 5) is 16.0. The third-order valence-electron chi connectivity index (χ3n) is 3.20. The zero-order chi connectivity index (χ0) is 14.9. The number of aliphatic hydroxyl groups is 1. The molecule has 2 rings (SSSR count). The number of carbonyl (C=O) groups excluding carboxylic acids is 1. The Morgan fingerprint density at radius 3 is 2.76 bits per heavy atom. The second-order valence-corrected chi connectivity index (χ2v) is 4.94. The van der Waals surface area contributed by atoms with Crippen LogP contribution in [-0.4, -0.2) is 22.6 Å². The molecule has 21 heavy (non-hydrogen) atoms. The van der Waals surface area contributed by atoms with Crippen LogP contribution in [0.25, 0.3) is 0 Å². The number of aryl methyl sites for hydroxylation is 2. The predicted octanol–water partition coefficient (Wildman–Crippen LogP) is 2.58. The van der Waals surface area contributed by atoms with E-state index in [1.807, 2.05) is 36.4 Å². The van der Waals surface area contributed by atoms with E-state index in [4.69, 9.17) is 5.11 Å². The molecule has 0 saturated heterocycles. The van der Waals surface area contributed by atoms with Crippen molar-refractivity contribution >= 4 is 11.6 Å². The van der Waals surface area contributed by atoms with Crippen molar-refractivity contribution in [1.82, 2.24) is 4.98 Å². The number of aromatic nitrogens is 1. The molecule has 0 atom stereocenters. The molecule has 0 radical (unpaired) electrons. The van der Waals surface area contributed by atoms with Gasteiger partial charge in [-0.15, -0.1) is 0 Å². The van der Waals surface area contributed by atoms with Crippen LogP contribution in [0, 0.1) is 0 Å². The number of hydrogen-bond donors (Lipinski definition) is 2. The summed E-state index contributed by atoms with van der Waals surface area (Å²) in [7, 11) is 0. The van der Waals surface area contributed by atoms with Gasteiger partial charge in [0.15, 0.2) is 0 Å². The second kappa shape index (κ2) is 8.17. The Kier molecular flexibility index (Phi) is 5.91. The van der Waals surface area contributed by atoms with Crippen LogP contribution in [0.2, 0.25) is 0 Å². The minimum absolute atomic E-state index is 0.00170. The Morgan fingerprint density at radius 1 is 1.14 bits per heavy atom. The maximum atomic E-state index is 11.9. The Balaban J connectivity index is 1.84. The van der Waals surface area contributed by atoms with Crippen molar-refractivity contribution in [3.05, 3.63) is 59.9 Å². The van der Waals surface area contributed by atoms with Crippen LogP contribution in [-0.2, 0) is 17.6 Å². The number of rotatable bonds is 7. The topological polar surface area (TPSA) is 62.2 Å². The lowest BCUT2D eigenvalue weighted by atomic mass is 10.1. The Morgan fingerprint density at radius 2 is 2.00 bits per heavy atom. The van der Waals surface area contributed by atoms with Crippen LogP contribution in [0.3, 0.4) is 0 Å². The first kappa shape index (κ1) is 15.2. The first-order valence-electron chi connectivity index (χ1n) is 7.16. The van der Waals surface area contributed by atoms with Gasteiger partial charge < -0.3 is 10.4 Å². The highest BCUT2D eigenvalue weighted by Gasteiger charge is 2.04. The van der Waals surface area contributed by atoms with Crippen molar-refractivity contribution in [3.8, 4) is 0 Å². The average Bonchev–Trinajstić information content (AvgIpc) is 2.52. The fourth-order valence-electron chi connectivity index (χ4n) is 2.12. The minimum Gasteiger partial charge on any atom is -0.396 e. The molecule has 2 N–H and O–H groups in total. The lowest BCUT2D eigenvalue weighted by Gasteiger charge is -2.07. The molecular weight excluding hydrogens is 264 g/mol. The highest BCUT2D eigenvalue weighted by Crippen LogP contribution is 2.13. The molecule has 0 saturated carbocycles. The maximum absolute atomic E-state index is 11.9. The molecule has 4 heteroatoms. The standard InChI is InChI=1S/C17H20N2O2/c20-11-3-6-14-4-1-7-16(12-14)19-17(21)9-8-15-5-2-10-18-13-15/h1-2,4-5,7,10,12-13,20H,3,6,8-9,11H2,(H,19,21). The van der Waals surface area contributed by atoms with E-state index in [1.165, 1.54) is 0 Å². The van der Waals surface area contributed by atoms with Crippen molar-refractivity contribution in [2.75, 3.05) is 11.9 Å². The van der Waals surface area contributed by atoms with Crippen LogP contribution in [0.1, 0.15) is 24.0 Å². The van der Waals surface area contributed by atoms with Crippen LogP contribution < -0.4 is 5.32 Å².